The minimum atomic E-state index is -0.0761. The predicted octanol–water partition coefficient (Wildman–Crippen LogP) is 4.02. The summed E-state index contributed by atoms with van der Waals surface area (Å²) in [5, 5.41) is 6.85. The highest BCUT2D eigenvalue weighted by atomic mass is 16.5. The molecule has 1 heterocycles. The van der Waals surface area contributed by atoms with Crippen molar-refractivity contribution in [1.29, 1.82) is 0 Å². The van der Waals surface area contributed by atoms with Crippen LogP contribution in [0.4, 0.5) is 5.69 Å². The number of hydrogen-bond donors (Lipinski definition) is 1. The number of nitrogens with zero attached hydrogens (tertiary/aromatic N) is 2. The van der Waals surface area contributed by atoms with Gasteiger partial charge in [-0.05, 0) is 25.5 Å². The van der Waals surface area contributed by atoms with Crippen LogP contribution in [-0.2, 0) is 11.2 Å². The van der Waals surface area contributed by atoms with Crippen molar-refractivity contribution in [1.82, 2.24) is 10.1 Å². The number of ether oxygens (including phenoxy) is 1. The molecule has 0 spiro atoms. The van der Waals surface area contributed by atoms with Gasteiger partial charge in [-0.3, -0.25) is 4.79 Å². The molecule has 0 aliphatic carbocycles. The van der Waals surface area contributed by atoms with Crippen molar-refractivity contribution in [3.05, 3.63) is 60.0 Å². The molecule has 26 heavy (non-hydrogen) atoms. The summed E-state index contributed by atoms with van der Waals surface area (Å²) in [5.41, 5.74) is 2.76. The van der Waals surface area contributed by atoms with Crippen molar-refractivity contribution in [2.45, 2.75) is 26.2 Å². The number of nitrogens with one attached hydrogen (secondary N) is 1. The quantitative estimate of drug-likeness (QED) is 0.696. The number of aromatic nitrogens is 2. The maximum atomic E-state index is 12.1. The highest BCUT2D eigenvalue weighted by molar-refractivity contribution is 5.92. The lowest BCUT2D eigenvalue weighted by atomic mass is 10.1. The first-order valence-electron chi connectivity index (χ1n) is 8.48. The number of anilines is 1. The highest BCUT2D eigenvalue weighted by Gasteiger charge is 2.10. The van der Waals surface area contributed by atoms with Gasteiger partial charge in [-0.25, -0.2) is 0 Å². The van der Waals surface area contributed by atoms with Crippen LogP contribution in [-0.4, -0.2) is 23.2 Å². The number of para-hydroxylation sites is 2. The van der Waals surface area contributed by atoms with E-state index in [1.54, 1.807) is 13.2 Å². The van der Waals surface area contributed by atoms with E-state index in [0.29, 0.717) is 42.4 Å². The molecule has 0 aliphatic heterocycles. The van der Waals surface area contributed by atoms with E-state index in [4.69, 9.17) is 9.26 Å². The molecule has 2 aromatic carbocycles. The lowest BCUT2D eigenvalue weighted by molar-refractivity contribution is -0.116. The van der Waals surface area contributed by atoms with Crippen molar-refractivity contribution in [3.8, 4) is 17.1 Å². The van der Waals surface area contributed by atoms with Gasteiger partial charge in [-0.1, -0.05) is 47.1 Å². The largest absolute Gasteiger partial charge is 0.495 e. The fraction of sp³-hybridized carbons (Fsp3) is 0.250. The maximum Gasteiger partial charge on any atom is 0.226 e. The highest BCUT2D eigenvalue weighted by Crippen LogP contribution is 2.23. The number of carbonyl (C=O) groups excluding carboxylic acids is 1. The summed E-state index contributed by atoms with van der Waals surface area (Å²) < 4.78 is 10.5. The number of aryl methyl sites for hydroxylation is 2. The normalized spacial score (nSPS) is 10.5. The van der Waals surface area contributed by atoms with E-state index in [9.17, 15) is 4.79 Å². The number of hydrogen-bond acceptors (Lipinski definition) is 5. The van der Waals surface area contributed by atoms with Crippen molar-refractivity contribution in [2.24, 2.45) is 0 Å². The molecule has 6 heteroatoms. The molecule has 0 fully saturated rings. The summed E-state index contributed by atoms with van der Waals surface area (Å²) in [6.45, 7) is 2.03. The molecule has 3 rings (SSSR count). The second-order valence-electron chi connectivity index (χ2n) is 5.98. The Labute approximate surface area is 152 Å². The summed E-state index contributed by atoms with van der Waals surface area (Å²) >= 11 is 0. The fourth-order valence-electron chi connectivity index (χ4n) is 2.54. The Morgan fingerprint density at radius 3 is 2.69 bits per heavy atom. The van der Waals surface area contributed by atoms with Crippen molar-refractivity contribution < 1.29 is 14.1 Å². The Morgan fingerprint density at radius 1 is 1.15 bits per heavy atom. The molecule has 0 radical (unpaired) electrons. The zero-order valence-corrected chi connectivity index (χ0v) is 14.9. The average molecular weight is 351 g/mol. The van der Waals surface area contributed by atoms with E-state index < -0.39 is 0 Å². The zero-order chi connectivity index (χ0) is 18.4. The van der Waals surface area contributed by atoms with Crippen LogP contribution in [0.3, 0.4) is 0 Å². The monoisotopic (exact) mass is 351 g/mol. The topological polar surface area (TPSA) is 77.2 Å². The standard InChI is InChI=1S/C20H21N3O3/c1-14-10-12-15(13-11-14)20-22-19(26-23-20)9-5-8-18(24)21-16-6-3-4-7-17(16)25-2/h3-4,6-7,10-13H,5,8-9H2,1-2H3,(H,21,24). The smallest absolute Gasteiger partial charge is 0.226 e. The first-order chi connectivity index (χ1) is 12.7. The Hall–Kier alpha value is -3.15. The zero-order valence-electron chi connectivity index (χ0n) is 14.9. The molecule has 0 aliphatic rings. The minimum Gasteiger partial charge on any atom is -0.495 e. The van der Waals surface area contributed by atoms with Crippen molar-refractivity contribution in [2.75, 3.05) is 12.4 Å². The number of carbonyl (C=O) groups is 1. The van der Waals surface area contributed by atoms with E-state index >= 15 is 0 Å². The molecule has 3 aromatic rings. The average Bonchev–Trinajstić information content (AvgIpc) is 3.11. The van der Waals surface area contributed by atoms with Crippen LogP contribution in [0, 0.1) is 6.92 Å². The maximum absolute atomic E-state index is 12.1. The van der Waals surface area contributed by atoms with Crippen LogP contribution in [0.25, 0.3) is 11.4 Å². The third-order valence-electron chi connectivity index (χ3n) is 3.95. The van der Waals surface area contributed by atoms with Gasteiger partial charge in [-0.2, -0.15) is 4.98 Å². The lowest BCUT2D eigenvalue weighted by Crippen LogP contribution is -2.12. The molecule has 0 saturated heterocycles. The molecule has 6 nitrogen and oxygen atoms in total. The Bertz CT molecular complexity index is 872. The van der Waals surface area contributed by atoms with Gasteiger partial charge in [0.25, 0.3) is 0 Å². The third kappa shape index (κ3) is 4.47. The van der Waals surface area contributed by atoms with Crippen molar-refractivity contribution in [3.63, 3.8) is 0 Å². The SMILES string of the molecule is COc1ccccc1NC(=O)CCCc1nc(-c2ccc(C)cc2)no1. The number of benzene rings is 2. The molecular formula is C20H21N3O3. The van der Waals surface area contributed by atoms with E-state index in [2.05, 4.69) is 15.5 Å². The summed E-state index contributed by atoms with van der Waals surface area (Å²) in [6, 6.07) is 15.3. The Balaban J connectivity index is 1.50. The molecule has 0 saturated carbocycles. The minimum absolute atomic E-state index is 0.0761. The predicted molar refractivity (Wildman–Crippen MR) is 99.0 cm³/mol. The third-order valence-corrected chi connectivity index (χ3v) is 3.95. The van der Waals surface area contributed by atoms with Crippen LogP contribution in [0.1, 0.15) is 24.3 Å². The molecule has 0 unspecified atom stereocenters. The molecule has 0 atom stereocenters. The second-order valence-corrected chi connectivity index (χ2v) is 5.98. The van der Waals surface area contributed by atoms with Gasteiger partial charge in [0.15, 0.2) is 0 Å². The molecular weight excluding hydrogens is 330 g/mol. The molecule has 134 valence electrons. The van der Waals surface area contributed by atoms with E-state index in [0.717, 1.165) is 5.56 Å². The number of rotatable bonds is 7. The van der Waals surface area contributed by atoms with Gasteiger partial charge in [0.2, 0.25) is 17.6 Å². The molecule has 1 aromatic heterocycles. The summed E-state index contributed by atoms with van der Waals surface area (Å²) in [7, 11) is 1.58. The number of methoxy groups -OCH3 is 1. The van der Waals surface area contributed by atoms with E-state index in [-0.39, 0.29) is 5.91 Å². The molecule has 1 N–H and O–H groups in total. The van der Waals surface area contributed by atoms with Crippen LogP contribution in [0.5, 0.6) is 5.75 Å². The van der Waals surface area contributed by atoms with Crippen LogP contribution in [0.15, 0.2) is 53.1 Å². The van der Waals surface area contributed by atoms with Gasteiger partial charge in [0.05, 0.1) is 12.8 Å². The first-order valence-corrected chi connectivity index (χ1v) is 8.48. The van der Waals surface area contributed by atoms with Gasteiger partial charge in [-0.15, -0.1) is 0 Å². The van der Waals surface area contributed by atoms with E-state index in [1.807, 2.05) is 49.4 Å². The van der Waals surface area contributed by atoms with E-state index in [1.165, 1.54) is 5.56 Å². The van der Waals surface area contributed by atoms with Crippen LogP contribution in [0.2, 0.25) is 0 Å². The Kier molecular flexibility index (Phi) is 5.63. The molecule has 0 bridgehead atoms. The van der Waals surface area contributed by atoms with Gasteiger partial charge in [0.1, 0.15) is 5.75 Å². The summed E-state index contributed by atoms with van der Waals surface area (Å²) in [5.74, 6) is 1.66. The first kappa shape index (κ1) is 17.7. The summed E-state index contributed by atoms with van der Waals surface area (Å²) in [6.07, 6.45) is 1.54. The van der Waals surface area contributed by atoms with Gasteiger partial charge in [0, 0.05) is 18.4 Å². The van der Waals surface area contributed by atoms with Gasteiger partial charge < -0.3 is 14.6 Å². The second kappa shape index (κ2) is 8.29. The summed E-state index contributed by atoms with van der Waals surface area (Å²) in [4.78, 5) is 16.5. The van der Waals surface area contributed by atoms with Crippen molar-refractivity contribution >= 4 is 11.6 Å². The van der Waals surface area contributed by atoms with Crippen LogP contribution < -0.4 is 10.1 Å². The Morgan fingerprint density at radius 2 is 1.92 bits per heavy atom. The number of amides is 1. The fourth-order valence-corrected chi connectivity index (χ4v) is 2.54. The van der Waals surface area contributed by atoms with Gasteiger partial charge >= 0.3 is 0 Å². The lowest BCUT2D eigenvalue weighted by Gasteiger charge is -2.09. The van der Waals surface area contributed by atoms with Crippen LogP contribution >= 0.6 is 0 Å². The molecule has 1 amide bonds.